The number of rotatable bonds is 6. The van der Waals surface area contributed by atoms with E-state index in [4.69, 9.17) is 9.47 Å². The van der Waals surface area contributed by atoms with Crippen LogP contribution < -0.4 is 14.8 Å². The monoisotopic (exact) mass is 289 g/mol. The van der Waals surface area contributed by atoms with Gasteiger partial charge in [-0.25, -0.2) is 0 Å². The number of hydrogen-bond donors (Lipinski definition) is 1. The number of benzene rings is 1. The molecule has 0 radical (unpaired) electrons. The van der Waals surface area contributed by atoms with Crippen LogP contribution in [0.5, 0.6) is 11.5 Å². The Hall–Kier alpha value is -1.97. The van der Waals surface area contributed by atoms with Crippen molar-refractivity contribution in [3.8, 4) is 11.5 Å². The van der Waals surface area contributed by atoms with Crippen LogP contribution in [0.3, 0.4) is 0 Å². The molecule has 0 atom stereocenters. The maximum absolute atomic E-state index is 12.3. The van der Waals surface area contributed by atoms with Gasteiger partial charge in [0.05, 0.1) is 7.11 Å². The van der Waals surface area contributed by atoms with Gasteiger partial charge in [-0.1, -0.05) is 31.9 Å². The third-order valence-corrected chi connectivity index (χ3v) is 3.72. The predicted octanol–water partition coefficient (Wildman–Crippen LogP) is 3.32. The maximum atomic E-state index is 12.3. The average molecular weight is 289 g/mol. The molecule has 4 heteroatoms. The minimum Gasteiger partial charge on any atom is -0.493 e. The molecular weight excluding hydrogens is 266 g/mol. The van der Waals surface area contributed by atoms with Crippen molar-refractivity contribution in [3.63, 3.8) is 0 Å². The molecule has 1 aromatic rings. The summed E-state index contributed by atoms with van der Waals surface area (Å²) in [7, 11) is 1.57. The van der Waals surface area contributed by atoms with Crippen molar-refractivity contribution in [3.05, 3.63) is 36.4 Å². The minimum absolute atomic E-state index is 0.0459. The van der Waals surface area contributed by atoms with Gasteiger partial charge >= 0.3 is 0 Å². The van der Waals surface area contributed by atoms with E-state index >= 15 is 0 Å². The van der Waals surface area contributed by atoms with E-state index in [-0.39, 0.29) is 5.91 Å². The van der Waals surface area contributed by atoms with E-state index in [9.17, 15) is 4.79 Å². The zero-order valence-corrected chi connectivity index (χ0v) is 12.6. The van der Waals surface area contributed by atoms with Gasteiger partial charge in [-0.05, 0) is 31.0 Å². The molecular formula is C17H23NO3. The van der Waals surface area contributed by atoms with Crippen molar-refractivity contribution >= 4 is 5.91 Å². The van der Waals surface area contributed by atoms with Gasteiger partial charge in [0.1, 0.15) is 6.61 Å². The van der Waals surface area contributed by atoms with Crippen LogP contribution in [-0.4, -0.2) is 25.7 Å². The highest BCUT2D eigenvalue weighted by Gasteiger charge is 2.17. The van der Waals surface area contributed by atoms with Crippen molar-refractivity contribution in [1.82, 2.24) is 5.32 Å². The lowest BCUT2D eigenvalue weighted by atomic mass is 9.95. The number of ether oxygens (including phenoxy) is 2. The van der Waals surface area contributed by atoms with E-state index in [1.165, 1.54) is 19.3 Å². The number of hydrogen-bond acceptors (Lipinski definition) is 3. The quantitative estimate of drug-likeness (QED) is 0.817. The summed E-state index contributed by atoms with van der Waals surface area (Å²) in [6.45, 7) is 4.02. The molecule has 0 unspecified atom stereocenters. The van der Waals surface area contributed by atoms with Gasteiger partial charge in [0, 0.05) is 11.6 Å². The highest BCUT2D eigenvalue weighted by Crippen LogP contribution is 2.28. The van der Waals surface area contributed by atoms with Crippen molar-refractivity contribution in [2.45, 2.75) is 38.1 Å². The Labute approximate surface area is 126 Å². The highest BCUT2D eigenvalue weighted by molar-refractivity contribution is 5.95. The molecule has 1 aliphatic rings. The Kier molecular flexibility index (Phi) is 5.67. The fourth-order valence-corrected chi connectivity index (χ4v) is 2.59. The molecule has 4 nitrogen and oxygen atoms in total. The lowest BCUT2D eigenvalue weighted by Crippen LogP contribution is -2.36. The molecule has 2 rings (SSSR count). The number of carbonyl (C=O) groups is 1. The summed E-state index contributed by atoms with van der Waals surface area (Å²) in [5.41, 5.74) is 0.600. The molecule has 1 fully saturated rings. The van der Waals surface area contributed by atoms with Gasteiger partial charge in [-0.3, -0.25) is 4.79 Å². The topological polar surface area (TPSA) is 47.6 Å². The van der Waals surface area contributed by atoms with Crippen LogP contribution in [0, 0.1) is 0 Å². The summed E-state index contributed by atoms with van der Waals surface area (Å²) in [6, 6.07) is 5.54. The van der Waals surface area contributed by atoms with E-state index in [1.807, 2.05) is 0 Å². The molecule has 0 spiro atoms. The van der Waals surface area contributed by atoms with E-state index in [0.717, 1.165) is 12.8 Å². The normalized spacial score (nSPS) is 15.3. The molecule has 1 N–H and O–H groups in total. The summed E-state index contributed by atoms with van der Waals surface area (Å²) in [5, 5.41) is 3.10. The SMILES string of the molecule is C=CCOc1ccc(C(=O)NC2CCCCC2)cc1OC. The number of methoxy groups -OCH3 is 1. The Morgan fingerprint density at radius 3 is 2.76 bits per heavy atom. The first-order valence-corrected chi connectivity index (χ1v) is 7.47. The Bertz CT molecular complexity index is 493. The summed E-state index contributed by atoms with van der Waals surface area (Å²) in [6.07, 6.45) is 7.48. The molecule has 0 aliphatic heterocycles. The second-order valence-corrected chi connectivity index (χ2v) is 5.27. The Morgan fingerprint density at radius 1 is 1.33 bits per heavy atom. The maximum Gasteiger partial charge on any atom is 0.251 e. The smallest absolute Gasteiger partial charge is 0.251 e. The standard InChI is InChI=1S/C17H23NO3/c1-3-11-21-15-10-9-13(12-16(15)20-2)17(19)18-14-7-5-4-6-8-14/h3,9-10,12,14H,1,4-8,11H2,2H3,(H,18,19). The average Bonchev–Trinajstić information content (AvgIpc) is 2.53. The fraction of sp³-hybridized carbons (Fsp3) is 0.471. The van der Waals surface area contributed by atoms with Gasteiger partial charge in [0.25, 0.3) is 5.91 Å². The molecule has 1 saturated carbocycles. The third kappa shape index (κ3) is 4.25. The Morgan fingerprint density at radius 2 is 2.10 bits per heavy atom. The highest BCUT2D eigenvalue weighted by atomic mass is 16.5. The fourth-order valence-electron chi connectivity index (χ4n) is 2.59. The largest absolute Gasteiger partial charge is 0.493 e. The first-order chi connectivity index (χ1) is 10.2. The first kappa shape index (κ1) is 15.4. The van der Waals surface area contributed by atoms with Crippen LogP contribution >= 0.6 is 0 Å². The molecule has 1 aromatic carbocycles. The van der Waals surface area contributed by atoms with Gasteiger partial charge < -0.3 is 14.8 Å². The van der Waals surface area contributed by atoms with Crippen molar-refractivity contribution in [1.29, 1.82) is 0 Å². The second kappa shape index (κ2) is 7.72. The van der Waals surface area contributed by atoms with Gasteiger partial charge in [-0.15, -0.1) is 0 Å². The van der Waals surface area contributed by atoms with Crippen LogP contribution in [0.25, 0.3) is 0 Å². The van der Waals surface area contributed by atoms with Crippen LogP contribution in [0.4, 0.5) is 0 Å². The number of carbonyl (C=O) groups excluding carboxylic acids is 1. The summed E-state index contributed by atoms with van der Waals surface area (Å²) >= 11 is 0. The predicted molar refractivity (Wildman–Crippen MR) is 83.0 cm³/mol. The summed E-state index contributed by atoms with van der Waals surface area (Å²) in [5.74, 6) is 1.13. The second-order valence-electron chi connectivity index (χ2n) is 5.27. The number of nitrogens with one attached hydrogen (secondary N) is 1. The zero-order chi connectivity index (χ0) is 15.1. The zero-order valence-electron chi connectivity index (χ0n) is 12.6. The van der Waals surface area contributed by atoms with Crippen LogP contribution in [0.1, 0.15) is 42.5 Å². The van der Waals surface area contributed by atoms with E-state index in [0.29, 0.717) is 29.7 Å². The van der Waals surface area contributed by atoms with Crippen LogP contribution in [0.2, 0.25) is 0 Å². The lowest BCUT2D eigenvalue weighted by Gasteiger charge is -2.23. The van der Waals surface area contributed by atoms with Crippen molar-refractivity contribution in [2.75, 3.05) is 13.7 Å². The molecule has 0 aromatic heterocycles. The number of amides is 1. The molecule has 114 valence electrons. The van der Waals surface area contributed by atoms with Gasteiger partial charge in [0.2, 0.25) is 0 Å². The van der Waals surface area contributed by atoms with Gasteiger partial charge in [-0.2, -0.15) is 0 Å². The summed E-state index contributed by atoms with van der Waals surface area (Å²) in [4.78, 5) is 12.3. The Balaban J connectivity index is 2.04. The van der Waals surface area contributed by atoms with Crippen LogP contribution in [0.15, 0.2) is 30.9 Å². The van der Waals surface area contributed by atoms with E-state index in [1.54, 1.807) is 31.4 Å². The van der Waals surface area contributed by atoms with Crippen LogP contribution in [-0.2, 0) is 0 Å². The lowest BCUT2D eigenvalue weighted by molar-refractivity contribution is 0.0927. The molecule has 1 amide bonds. The first-order valence-electron chi connectivity index (χ1n) is 7.47. The van der Waals surface area contributed by atoms with E-state index in [2.05, 4.69) is 11.9 Å². The minimum atomic E-state index is -0.0459. The van der Waals surface area contributed by atoms with Crippen molar-refractivity contribution in [2.24, 2.45) is 0 Å². The van der Waals surface area contributed by atoms with Crippen molar-refractivity contribution < 1.29 is 14.3 Å². The molecule has 0 saturated heterocycles. The molecule has 1 aliphatic carbocycles. The molecule has 0 heterocycles. The molecule has 0 bridgehead atoms. The van der Waals surface area contributed by atoms with E-state index < -0.39 is 0 Å². The summed E-state index contributed by atoms with van der Waals surface area (Å²) < 4.78 is 10.8. The molecule has 21 heavy (non-hydrogen) atoms. The third-order valence-electron chi connectivity index (χ3n) is 3.72. The van der Waals surface area contributed by atoms with Gasteiger partial charge in [0.15, 0.2) is 11.5 Å².